The molecule has 19 heavy (non-hydrogen) atoms. The van der Waals surface area contributed by atoms with Crippen LogP contribution < -0.4 is 4.74 Å². The van der Waals surface area contributed by atoms with E-state index >= 15 is 0 Å². The zero-order valence-electron chi connectivity index (χ0n) is 9.91. The normalized spacial score (nSPS) is 10.3. The number of methoxy groups -OCH3 is 1. The molecule has 0 amide bonds. The molecule has 2 aromatic rings. The summed E-state index contributed by atoms with van der Waals surface area (Å²) >= 11 is 17.9. The number of hydrogen-bond acceptors (Lipinski definition) is 2. The second-order valence-electron chi connectivity index (χ2n) is 3.80. The quantitative estimate of drug-likeness (QED) is 0.754. The molecule has 0 saturated carbocycles. The second kappa shape index (κ2) is 5.83. The molecule has 5 heteroatoms. The molecule has 0 bridgehead atoms. The molecule has 0 radical (unpaired) electrons. The maximum absolute atomic E-state index is 12.3. The lowest BCUT2D eigenvalue weighted by Crippen LogP contribution is -2.03. The fraction of sp³-hybridized carbons (Fsp3) is 0.0714. The Labute approximate surface area is 125 Å². The third-order valence-corrected chi connectivity index (χ3v) is 3.46. The Hall–Kier alpha value is -1.22. The summed E-state index contributed by atoms with van der Waals surface area (Å²) in [6.45, 7) is 0. The van der Waals surface area contributed by atoms with E-state index in [-0.39, 0.29) is 5.78 Å². The maximum atomic E-state index is 12.3. The van der Waals surface area contributed by atoms with Gasteiger partial charge in [-0.25, -0.2) is 0 Å². The fourth-order valence-corrected chi connectivity index (χ4v) is 2.38. The minimum absolute atomic E-state index is 0.255. The molecule has 0 aliphatic rings. The van der Waals surface area contributed by atoms with Crippen LogP contribution in [-0.2, 0) is 0 Å². The van der Waals surface area contributed by atoms with Gasteiger partial charge in [0.15, 0.2) is 5.78 Å². The van der Waals surface area contributed by atoms with Gasteiger partial charge in [-0.2, -0.15) is 0 Å². The molecule has 0 heterocycles. The average Bonchev–Trinajstić information content (AvgIpc) is 2.37. The first-order valence-corrected chi connectivity index (χ1v) is 6.49. The van der Waals surface area contributed by atoms with Crippen LogP contribution >= 0.6 is 34.8 Å². The molecule has 0 unspecified atom stereocenters. The Kier molecular flexibility index (Phi) is 4.35. The van der Waals surface area contributed by atoms with E-state index in [2.05, 4.69) is 0 Å². The van der Waals surface area contributed by atoms with E-state index in [1.54, 1.807) is 30.3 Å². The van der Waals surface area contributed by atoms with Crippen molar-refractivity contribution in [3.8, 4) is 5.75 Å². The molecule has 0 spiro atoms. The predicted molar refractivity (Wildman–Crippen MR) is 77.9 cm³/mol. The minimum Gasteiger partial charge on any atom is -0.497 e. The first kappa shape index (κ1) is 14.2. The standard InChI is InChI=1S/C14H9Cl3O2/c1-19-9-3-5-11(13(17)7-9)14(18)10-4-2-8(15)6-12(10)16/h2-7H,1H3. The highest BCUT2D eigenvalue weighted by Crippen LogP contribution is 2.28. The van der Waals surface area contributed by atoms with Crippen molar-refractivity contribution < 1.29 is 9.53 Å². The molecule has 0 aromatic heterocycles. The van der Waals surface area contributed by atoms with Crippen LogP contribution in [-0.4, -0.2) is 12.9 Å². The Morgan fingerprint density at radius 1 is 0.947 bits per heavy atom. The van der Waals surface area contributed by atoms with Gasteiger partial charge in [-0.3, -0.25) is 4.79 Å². The highest BCUT2D eigenvalue weighted by atomic mass is 35.5. The van der Waals surface area contributed by atoms with Crippen LogP contribution in [0.4, 0.5) is 0 Å². The average molecular weight is 316 g/mol. The van der Waals surface area contributed by atoms with Gasteiger partial charge in [0.2, 0.25) is 0 Å². The van der Waals surface area contributed by atoms with E-state index in [0.717, 1.165) is 0 Å². The van der Waals surface area contributed by atoms with Gasteiger partial charge in [0, 0.05) is 16.1 Å². The largest absolute Gasteiger partial charge is 0.497 e. The highest BCUT2D eigenvalue weighted by Gasteiger charge is 2.16. The molecule has 2 aromatic carbocycles. The van der Waals surface area contributed by atoms with Crippen molar-refractivity contribution in [1.29, 1.82) is 0 Å². The maximum Gasteiger partial charge on any atom is 0.196 e. The van der Waals surface area contributed by atoms with Crippen LogP contribution in [0.2, 0.25) is 15.1 Å². The summed E-state index contributed by atoms with van der Waals surface area (Å²) < 4.78 is 5.04. The van der Waals surface area contributed by atoms with Gasteiger partial charge in [-0.15, -0.1) is 0 Å². The SMILES string of the molecule is COc1ccc(C(=O)c2ccc(Cl)cc2Cl)c(Cl)c1. The molecule has 0 fully saturated rings. The highest BCUT2D eigenvalue weighted by molar-refractivity contribution is 6.39. The number of carbonyl (C=O) groups excluding carboxylic acids is 1. The molecule has 0 saturated heterocycles. The lowest BCUT2D eigenvalue weighted by Gasteiger charge is -2.07. The van der Waals surface area contributed by atoms with Gasteiger partial charge >= 0.3 is 0 Å². The van der Waals surface area contributed by atoms with Crippen LogP contribution in [0.5, 0.6) is 5.75 Å². The number of ether oxygens (including phenoxy) is 1. The number of rotatable bonds is 3. The van der Waals surface area contributed by atoms with E-state index in [1.807, 2.05) is 0 Å². The summed E-state index contributed by atoms with van der Waals surface area (Å²) in [7, 11) is 1.53. The van der Waals surface area contributed by atoms with Crippen molar-refractivity contribution in [2.75, 3.05) is 7.11 Å². The van der Waals surface area contributed by atoms with Crippen molar-refractivity contribution in [1.82, 2.24) is 0 Å². The monoisotopic (exact) mass is 314 g/mol. The van der Waals surface area contributed by atoms with E-state index in [4.69, 9.17) is 39.5 Å². The van der Waals surface area contributed by atoms with Crippen LogP contribution in [0.15, 0.2) is 36.4 Å². The Morgan fingerprint density at radius 3 is 2.05 bits per heavy atom. The number of benzene rings is 2. The summed E-state index contributed by atoms with van der Waals surface area (Å²) in [6.07, 6.45) is 0. The Bertz CT molecular complexity index is 639. The van der Waals surface area contributed by atoms with E-state index in [1.165, 1.54) is 13.2 Å². The van der Waals surface area contributed by atoms with Gasteiger partial charge in [0.1, 0.15) is 5.75 Å². The van der Waals surface area contributed by atoms with Crippen LogP contribution in [0.25, 0.3) is 0 Å². The summed E-state index contributed by atoms with van der Waals surface area (Å²) in [5.74, 6) is 0.332. The lowest BCUT2D eigenvalue weighted by atomic mass is 10.0. The van der Waals surface area contributed by atoms with Crippen LogP contribution in [0.1, 0.15) is 15.9 Å². The first-order valence-electron chi connectivity index (χ1n) is 5.36. The molecular weight excluding hydrogens is 307 g/mol. The van der Waals surface area contributed by atoms with Crippen molar-refractivity contribution in [3.63, 3.8) is 0 Å². The van der Waals surface area contributed by atoms with Crippen LogP contribution in [0.3, 0.4) is 0 Å². The smallest absolute Gasteiger partial charge is 0.196 e. The summed E-state index contributed by atoms with van der Waals surface area (Å²) in [5.41, 5.74) is 0.727. The van der Waals surface area contributed by atoms with Crippen LogP contribution in [0, 0.1) is 0 Å². The zero-order chi connectivity index (χ0) is 14.0. The summed E-state index contributed by atoms with van der Waals surface area (Å²) in [5, 5.41) is 1.09. The second-order valence-corrected chi connectivity index (χ2v) is 5.05. The van der Waals surface area contributed by atoms with Crippen molar-refractivity contribution >= 4 is 40.6 Å². The molecule has 0 N–H and O–H groups in total. The van der Waals surface area contributed by atoms with Gasteiger partial charge in [-0.1, -0.05) is 34.8 Å². The van der Waals surface area contributed by atoms with E-state index < -0.39 is 0 Å². The Morgan fingerprint density at radius 2 is 1.53 bits per heavy atom. The van der Waals surface area contributed by atoms with E-state index in [0.29, 0.717) is 31.9 Å². The molecule has 2 nitrogen and oxygen atoms in total. The molecule has 98 valence electrons. The number of ketones is 1. The number of hydrogen-bond donors (Lipinski definition) is 0. The molecule has 0 atom stereocenters. The van der Waals surface area contributed by atoms with Crippen molar-refractivity contribution in [3.05, 3.63) is 62.6 Å². The lowest BCUT2D eigenvalue weighted by molar-refractivity contribution is 0.103. The van der Waals surface area contributed by atoms with E-state index in [9.17, 15) is 4.79 Å². The van der Waals surface area contributed by atoms with Gasteiger partial charge in [0.25, 0.3) is 0 Å². The third-order valence-electron chi connectivity index (χ3n) is 2.60. The molecule has 2 rings (SSSR count). The molecule has 0 aliphatic carbocycles. The zero-order valence-corrected chi connectivity index (χ0v) is 12.2. The third kappa shape index (κ3) is 3.03. The summed E-state index contributed by atoms with van der Waals surface area (Å²) in [4.78, 5) is 12.3. The summed E-state index contributed by atoms with van der Waals surface area (Å²) in [6, 6.07) is 9.56. The van der Waals surface area contributed by atoms with Gasteiger partial charge in [-0.05, 0) is 36.4 Å². The van der Waals surface area contributed by atoms with Gasteiger partial charge in [0.05, 0.1) is 17.2 Å². The minimum atomic E-state index is -0.255. The van der Waals surface area contributed by atoms with Crippen molar-refractivity contribution in [2.45, 2.75) is 0 Å². The first-order chi connectivity index (χ1) is 9.02. The number of halogens is 3. The Balaban J connectivity index is 2.44. The van der Waals surface area contributed by atoms with Gasteiger partial charge < -0.3 is 4.74 Å². The molecule has 0 aliphatic heterocycles. The fourth-order valence-electron chi connectivity index (χ4n) is 1.63. The van der Waals surface area contributed by atoms with Crippen molar-refractivity contribution in [2.24, 2.45) is 0 Å². The number of carbonyl (C=O) groups is 1. The molecular formula is C14H9Cl3O2. The topological polar surface area (TPSA) is 26.3 Å². The predicted octanol–water partition coefficient (Wildman–Crippen LogP) is 4.89.